The molecule has 2 N–H and O–H groups in total. The van der Waals surface area contributed by atoms with Gasteiger partial charge < -0.3 is 19.9 Å². The van der Waals surface area contributed by atoms with Crippen LogP contribution in [-0.2, 0) is 9.47 Å². The maximum absolute atomic E-state index is 11.7. The number of esters is 1. The van der Waals surface area contributed by atoms with E-state index in [1.165, 1.54) is 13.2 Å². The van der Waals surface area contributed by atoms with Gasteiger partial charge in [-0.3, -0.25) is 0 Å². The third kappa shape index (κ3) is 3.96. The van der Waals surface area contributed by atoms with Gasteiger partial charge in [0.05, 0.1) is 13.7 Å². The van der Waals surface area contributed by atoms with E-state index in [0.717, 1.165) is 0 Å². The Labute approximate surface area is 100 Å². The lowest BCUT2D eigenvalue weighted by Crippen LogP contribution is -2.10. The minimum atomic E-state index is -0.440. The fourth-order valence-electron chi connectivity index (χ4n) is 1.33. The van der Waals surface area contributed by atoms with Gasteiger partial charge in [-0.15, -0.1) is 0 Å². The molecule has 5 nitrogen and oxygen atoms in total. The number of carbonyl (C=O) groups excluding carboxylic acids is 1. The molecule has 94 valence electrons. The third-order valence-corrected chi connectivity index (χ3v) is 2.17. The number of hydrogen-bond donors (Lipinski definition) is 1. The van der Waals surface area contributed by atoms with Gasteiger partial charge in [0.1, 0.15) is 11.3 Å². The Morgan fingerprint density at radius 3 is 2.71 bits per heavy atom. The van der Waals surface area contributed by atoms with E-state index in [0.29, 0.717) is 36.6 Å². The number of methoxy groups -OCH3 is 2. The van der Waals surface area contributed by atoms with Gasteiger partial charge in [0.25, 0.3) is 0 Å². The summed E-state index contributed by atoms with van der Waals surface area (Å²) in [7, 11) is 3.09. The molecule has 0 aliphatic carbocycles. The molecule has 0 atom stereocenters. The number of hydrogen-bond acceptors (Lipinski definition) is 5. The number of ether oxygens (including phenoxy) is 3. The highest BCUT2D eigenvalue weighted by Crippen LogP contribution is 2.21. The Morgan fingerprint density at radius 1 is 1.29 bits per heavy atom. The first-order chi connectivity index (χ1) is 8.19. The zero-order valence-corrected chi connectivity index (χ0v) is 10.1. The molecule has 17 heavy (non-hydrogen) atoms. The van der Waals surface area contributed by atoms with Crippen LogP contribution in [0, 0.1) is 0 Å². The molecule has 5 heteroatoms. The van der Waals surface area contributed by atoms with Gasteiger partial charge in [-0.05, 0) is 18.2 Å². The van der Waals surface area contributed by atoms with Crippen molar-refractivity contribution in [1.82, 2.24) is 0 Å². The summed E-state index contributed by atoms with van der Waals surface area (Å²) in [6.07, 6.45) is 0.660. The molecule has 0 bridgehead atoms. The minimum absolute atomic E-state index is 0.310. The van der Waals surface area contributed by atoms with Crippen LogP contribution in [0.25, 0.3) is 0 Å². The summed E-state index contributed by atoms with van der Waals surface area (Å²) in [4.78, 5) is 11.7. The summed E-state index contributed by atoms with van der Waals surface area (Å²) in [5, 5.41) is 0. The molecule has 0 aliphatic heterocycles. The fraction of sp³-hybridized carbons (Fsp3) is 0.417. The van der Waals surface area contributed by atoms with Gasteiger partial charge in [0.15, 0.2) is 0 Å². The van der Waals surface area contributed by atoms with Crippen molar-refractivity contribution in [3.63, 3.8) is 0 Å². The van der Waals surface area contributed by atoms with Gasteiger partial charge >= 0.3 is 5.97 Å². The van der Waals surface area contributed by atoms with Crippen LogP contribution in [0.2, 0.25) is 0 Å². The van der Waals surface area contributed by atoms with Crippen LogP contribution in [0.3, 0.4) is 0 Å². The second-order valence-electron chi connectivity index (χ2n) is 3.44. The van der Waals surface area contributed by atoms with Crippen molar-refractivity contribution in [1.29, 1.82) is 0 Å². The smallest absolute Gasteiger partial charge is 0.341 e. The van der Waals surface area contributed by atoms with E-state index in [1.807, 2.05) is 0 Å². The number of benzene rings is 1. The zero-order chi connectivity index (χ0) is 12.7. The molecular weight excluding hydrogens is 222 g/mol. The first-order valence-electron chi connectivity index (χ1n) is 5.28. The lowest BCUT2D eigenvalue weighted by molar-refractivity contribution is 0.0465. The highest BCUT2D eigenvalue weighted by atomic mass is 16.5. The summed E-state index contributed by atoms with van der Waals surface area (Å²) >= 11 is 0. The fourth-order valence-corrected chi connectivity index (χ4v) is 1.33. The van der Waals surface area contributed by atoms with Crippen LogP contribution in [0.1, 0.15) is 16.8 Å². The normalized spacial score (nSPS) is 10.0. The minimum Gasteiger partial charge on any atom is -0.496 e. The molecule has 0 amide bonds. The first kappa shape index (κ1) is 13.3. The Bertz CT molecular complexity index is 379. The van der Waals surface area contributed by atoms with Crippen molar-refractivity contribution in [3.8, 4) is 5.75 Å². The summed E-state index contributed by atoms with van der Waals surface area (Å²) < 4.78 is 15.0. The number of nitrogen functional groups attached to an aromatic ring is 1. The van der Waals surface area contributed by atoms with Gasteiger partial charge in [0, 0.05) is 25.8 Å². The Kier molecular flexibility index (Phi) is 5.29. The molecule has 0 spiro atoms. The molecule has 0 unspecified atom stereocenters. The van der Waals surface area contributed by atoms with Crippen molar-refractivity contribution in [2.75, 3.05) is 33.2 Å². The molecular formula is C12H17NO4. The monoisotopic (exact) mass is 239 g/mol. The Hall–Kier alpha value is -1.75. The third-order valence-electron chi connectivity index (χ3n) is 2.17. The van der Waals surface area contributed by atoms with Crippen LogP contribution in [-0.4, -0.2) is 33.4 Å². The number of nitrogens with two attached hydrogens (primary N) is 1. The van der Waals surface area contributed by atoms with E-state index in [2.05, 4.69) is 0 Å². The van der Waals surface area contributed by atoms with Crippen molar-refractivity contribution in [2.24, 2.45) is 0 Å². The number of carbonyl (C=O) groups is 1. The maximum atomic E-state index is 11.7. The molecule has 0 aromatic heterocycles. The topological polar surface area (TPSA) is 70.8 Å². The van der Waals surface area contributed by atoms with Gasteiger partial charge in [-0.2, -0.15) is 0 Å². The van der Waals surface area contributed by atoms with E-state index in [1.54, 1.807) is 19.2 Å². The Balaban J connectivity index is 2.64. The van der Waals surface area contributed by atoms with Crippen LogP contribution in [0.15, 0.2) is 18.2 Å². The highest BCUT2D eigenvalue weighted by Gasteiger charge is 2.13. The maximum Gasteiger partial charge on any atom is 0.341 e. The molecule has 0 aliphatic rings. The van der Waals surface area contributed by atoms with E-state index in [-0.39, 0.29) is 0 Å². The molecule has 0 saturated carbocycles. The van der Waals surface area contributed by atoms with Crippen molar-refractivity contribution < 1.29 is 19.0 Å². The van der Waals surface area contributed by atoms with Crippen LogP contribution < -0.4 is 10.5 Å². The lowest BCUT2D eigenvalue weighted by Gasteiger charge is -2.09. The quantitative estimate of drug-likeness (QED) is 0.462. The van der Waals surface area contributed by atoms with E-state index >= 15 is 0 Å². The van der Waals surface area contributed by atoms with Gasteiger partial charge in [-0.25, -0.2) is 4.79 Å². The Morgan fingerprint density at radius 2 is 2.06 bits per heavy atom. The molecule has 0 heterocycles. The second-order valence-corrected chi connectivity index (χ2v) is 3.44. The SMILES string of the molecule is COCCCOC(=O)c1cc(N)ccc1OC. The average molecular weight is 239 g/mol. The van der Waals surface area contributed by atoms with Crippen molar-refractivity contribution in [3.05, 3.63) is 23.8 Å². The molecule has 1 rings (SSSR count). The first-order valence-corrected chi connectivity index (χ1v) is 5.28. The summed E-state index contributed by atoms with van der Waals surface area (Å²) in [5.74, 6) is 0.0150. The molecule has 0 fully saturated rings. The molecule has 1 aromatic rings. The molecule has 0 saturated heterocycles. The number of anilines is 1. The highest BCUT2D eigenvalue weighted by molar-refractivity contribution is 5.93. The van der Waals surface area contributed by atoms with E-state index < -0.39 is 5.97 Å². The van der Waals surface area contributed by atoms with Crippen LogP contribution >= 0.6 is 0 Å². The average Bonchev–Trinajstić information content (AvgIpc) is 2.34. The van der Waals surface area contributed by atoms with E-state index in [9.17, 15) is 4.79 Å². The zero-order valence-electron chi connectivity index (χ0n) is 10.1. The van der Waals surface area contributed by atoms with Gasteiger partial charge in [0.2, 0.25) is 0 Å². The van der Waals surface area contributed by atoms with Gasteiger partial charge in [-0.1, -0.05) is 0 Å². The molecule has 0 radical (unpaired) electrons. The van der Waals surface area contributed by atoms with Crippen molar-refractivity contribution >= 4 is 11.7 Å². The van der Waals surface area contributed by atoms with E-state index in [4.69, 9.17) is 19.9 Å². The molecule has 1 aromatic carbocycles. The summed E-state index contributed by atoms with van der Waals surface area (Å²) in [6.45, 7) is 0.867. The van der Waals surface area contributed by atoms with Crippen molar-refractivity contribution in [2.45, 2.75) is 6.42 Å². The van der Waals surface area contributed by atoms with Crippen LogP contribution in [0.5, 0.6) is 5.75 Å². The standard InChI is InChI=1S/C12H17NO4/c1-15-6-3-7-17-12(14)10-8-9(13)4-5-11(10)16-2/h4-5,8H,3,6-7,13H2,1-2H3. The number of rotatable bonds is 6. The second kappa shape index (κ2) is 6.75. The largest absolute Gasteiger partial charge is 0.496 e. The predicted octanol–water partition coefficient (Wildman–Crippen LogP) is 1.47. The summed E-state index contributed by atoms with van der Waals surface area (Å²) in [6, 6.07) is 4.85. The lowest BCUT2D eigenvalue weighted by atomic mass is 10.2. The van der Waals surface area contributed by atoms with Crippen LogP contribution in [0.4, 0.5) is 5.69 Å². The summed E-state index contributed by atoms with van der Waals surface area (Å²) in [5.41, 5.74) is 6.45. The predicted molar refractivity (Wildman–Crippen MR) is 64.2 cm³/mol.